The lowest BCUT2D eigenvalue weighted by atomic mass is 9.56. The fourth-order valence-corrected chi connectivity index (χ4v) is 4.61. The minimum Gasteiger partial charge on any atom is -0.497 e. The molecule has 1 saturated carbocycles. The van der Waals surface area contributed by atoms with Crippen molar-refractivity contribution < 1.29 is 14.6 Å². The molecule has 1 N–H and O–H groups in total. The molecule has 1 fully saturated rings. The molecule has 3 nitrogen and oxygen atoms in total. The van der Waals surface area contributed by atoms with Crippen LogP contribution in [-0.2, 0) is 11.8 Å². The Balaban J connectivity index is 1.98. The van der Waals surface area contributed by atoms with Gasteiger partial charge in [0.25, 0.3) is 0 Å². The molecule has 0 amide bonds. The van der Waals surface area contributed by atoms with Gasteiger partial charge in [-0.3, -0.25) is 0 Å². The van der Waals surface area contributed by atoms with Crippen LogP contribution < -0.4 is 9.47 Å². The standard InChI is InChI=1S/C17H20O3/c1-3-17-11-5-4-10-8-12(19-2)9-14(15(10)17)20-16(17)13(18)7-6-11/h3,8-9,11,13,16,18H,1,4-7H2,2H3/t11-,13-,16-,17-/m0/s1. The van der Waals surface area contributed by atoms with E-state index in [1.165, 1.54) is 11.1 Å². The minimum absolute atomic E-state index is 0.181. The van der Waals surface area contributed by atoms with Crippen molar-refractivity contribution >= 4 is 0 Å². The first-order chi connectivity index (χ1) is 9.70. The van der Waals surface area contributed by atoms with E-state index < -0.39 is 6.10 Å². The maximum atomic E-state index is 10.4. The predicted molar refractivity (Wildman–Crippen MR) is 76.3 cm³/mol. The van der Waals surface area contributed by atoms with Gasteiger partial charge in [-0.1, -0.05) is 6.08 Å². The summed E-state index contributed by atoms with van der Waals surface area (Å²) in [4.78, 5) is 0. The predicted octanol–water partition coefficient (Wildman–Crippen LogP) is 2.60. The molecule has 3 aliphatic rings. The highest BCUT2D eigenvalue weighted by molar-refractivity contribution is 5.59. The van der Waals surface area contributed by atoms with Crippen LogP contribution in [0, 0.1) is 5.92 Å². The van der Waals surface area contributed by atoms with Crippen molar-refractivity contribution in [2.45, 2.75) is 43.3 Å². The van der Waals surface area contributed by atoms with Gasteiger partial charge in [0.15, 0.2) is 0 Å². The van der Waals surface area contributed by atoms with Gasteiger partial charge in [-0.25, -0.2) is 0 Å². The molecule has 1 heterocycles. The first-order valence-corrected chi connectivity index (χ1v) is 7.40. The van der Waals surface area contributed by atoms with Gasteiger partial charge < -0.3 is 14.6 Å². The Morgan fingerprint density at radius 2 is 2.25 bits per heavy atom. The molecule has 4 rings (SSSR count). The summed E-state index contributed by atoms with van der Waals surface area (Å²) < 4.78 is 11.5. The van der Waals surface area contributed by atoms with Crippen molar-refractivity contribution in [3.05, 3.63) is 35.9 Å². The monoisotopic (exact) mass is 272 g/mol. The van der Waals surface area contributed by atoms with E-state index in [0.29, 0.717) is 5.92 Å². The molecular formula is C17H20O3. The van der Waals surface area contributed by atoms with E-state index in [4.69, 9.17) is 9.47 Å². The van der Waals surface area contributed by atoms with Crippen molar-refractivity contribution in [1.29, 1.82) is 0 Å². The molecule has 4 atom stereocenters. The third-order valence-corrected chi connectivity index (χ3v) is 5.49. The molecule has 0 spiro atoms. The summed E-state index contributed by atoms with van der Waals surface area (Å²) in [5.41, 5.74) is 2.35. The van der Waals surface area contributed by atoms with E-state index in [1.807, 2.05) is 12.1 Å². The number of aryl methyl sites for hydroxylation is 1. The second kappa shape index (κ2) is 4.01. The van der Waals surface area contributed by atoms with Crippen molar-refractivity contribution in [2.24, 2.45) is 5.92 Å². The van der Waals surface area contributed by atoms with Gasteiger partial charge in [-0.2, -0.15) is 0 Å². The molecule has 1 aliphatic heterocycles. The highest BCUT2D eigenvalue weighted by atomic mass is 16.5. The molecule has 0 saturated heterocycles. The van der Waals surface area contributed by atoms with Crippen LogP contribution >= 0.6 is 0 Å². The second-order valence-corrected chi connectivity index (χ2v) is 6.22. The summed E-state index contributed by atoms with van der Waals surface area (Å²) in [5, 5.41) is 10.4. The Labute approximate surface area is 119 Å². The van der Waals surface area contributed by atoms with Crippen LogP contribution in [-0.4, -0.2) is 24.4 Å². The van der Waals surface area contributed by atoms with E-state index in [-0.39, 0.29) is 11.5 Å². The zero-order valence-electron chi connectivity index (χ0n) is 11.8. The Morgan fingerprint density at radius 3 is 3.00 bits per heavy atom. The average molecular weight is 272 g/mol. The number of methoxy groups -OCH3 is 1. The fourth-order valence-electron chi connectivity index (χ4n) is 4.61. The average Bonchev–Trinajstić information content (AvgIpc) is 2.83. The number of hydrogen-bond acceptors (Lipinski definition) is 3. The molecule has 106 valence electrons. The summed E-state index contributed by atoms with van der Waals surface area (Å²) in [6.07, 6.45) is 5.52. The Bertz CT molecular complexity index is 580. The lowest BCUT2D eigenvalue weighted by Gasteiger charge is -2.47. The van der Waals surface area contributed by atoms with E-state index in [1.54, 1.807) is 7.11 Å². The Hall–Kier alpha value is -1.48. The number of benzene rings is 1. The lowest BCUT2D eigenvalue weighted by molar-refractivity contribution is -0.0381. The molecule has 0 unspecified atom stereocenters. The number of rotatable bonds is 2. The SMILES string of the molecule is C=C[C@]12c3c4cc(OC)cc3O[C@H]1[C@@H](O)CC[C@@H]2CC4. The third-order valence-electron chi connectivity index (χ3n) is 5.49. The van der Waals surface area contributed by atoms with Gasteiger partial charge >= 0.3 is 0 Å². The highest BCUT2D eigenvalue weighted by Gasteiger charge is 2.59. The zero-order valence-corrected chi connectivity index (χ0v) is 11.8. The van der Waals surface area contributed by atoms with Crippen molar-refractivity contribution in [3.63, 3.8) is 0 Å². The molecule has 20 heavy (non-hydrogen) atoms. The molecule has 2 aliphatic carbocycles. The molecular weight excluding hydrogens is 252 g/mol. The first kappa shape index (κ1) is 12.3. The smallest absolute Gasteiger partial charge is 0.138 e. The largest absolute Gasteiger partial charge is 0.497 e. The van der Waals surface area contributed by atoms with E-state index in [2.05, 4.69) is 12.6 Å². The topological polar surface area (TPSA) is 38.7 Å². The summed E-state index contributed by atoms with van der Waals surface area (Å²) in [6.45, 7) is 4.10. The molecule has 0 aromatic heterocycles. The van der Waals surface area contributed by atoms with Gasteiger partial charge in [-0.15, -0.1) is 6.58 Å². The van der Waals surface area contributed by atoms with Crippen LogP contribution in [0.15, 0.2) is 24.8 Å². The summed E-state index contributed by atoms with van der Waals surface area (Å²) in [7, 11) is 1.68. The Morgan fingerprint density at radius 1 is 1.40 bits per heavy atom. The van der Waals surface area contributed by atoms with Crippen LogP contribution in [0.25, 0.3) is 0 Å². The molecule has 1 aromatic rings. The number of hydrogen-bond donors (Lipinski definition) is 1. The van der Waals surface area contributed by atoms with E-state index >= 15 is 0 Å². The second-order valence-electron chi connectivity index (χ2n) is 6.22. The fraction of sp³-hybridized carbons (Fsp3) is 0.529. The molecule has 0 radical (unpaired) electrons. The summed E-state index contributed by atoms with van der Waals surface area (Å²) in [5.74, 6) is 2.26. The molecule has 3 heteroatoms. The zero-order chi connectivity index (χ0) is 13.9. The normalized spacial score (nSPS) is 37.0. The molecule has 0 bridgehead atoms. The maximum absolute atomic E-state index is 10.4. The van der Waals surface area contributed by atoms with E-state index in [0.717, 1.165) is 37.2 Å². The summed E-state index contributed by atoms with van der Waals surface area (Å²) in [6, 6.07) is 4.07. The van der Waals surface area contributed by atoms with Crippen LogP contribution in [0.1, 0.15) is 30.4 Å². The van der Waals surface area contributed by atoms with Crippen molar-refractivity contribution in [2.75, 3.05) is 7.11 Å². The van der Waals surface area contributed by atoms with Crippen LogP contribution in [0.5, 0.6) is 11.5 Å². The lowest BCUT2D eigenvalue weighted by Crippen LogP contribution is -2.54. The number of ether oxygens (including phenoxy) is 2. The minimum atomic E-state index is -0.409. The van der Waals surface area contributed by atoms with Crippen LogP contribution in [0.3, 0.4) is 0 Å². The maximum Gasteiger partial charge on any atom is 0.138 e. The van der Waals surface area contributed by atoms with Gasteiger partial charge in [0, 0.05) is 11.6 Å². The number of aliphatic hydroxyl groups is 1. The molecule has 1 aromatic carbocycles. The Kier molecular flexibility index (Phi) is 2.46. The highest BCUT2D eigenvalue weighted by Crippen LogP contribution is 2.59. The van der Waals surface area contributed by atoms with Gasteiger partial charge in [0.1, 0.15) is 17.6 Å². The van der Waals surface area contributed by atoms with Crippen LogP contribution in [0.2, 0.25) is 0 Å². The number of aliphatic hydroxyl groups excluding tert-OH is 1. The quantitative estimate of drug-likeness (QED) is 0.841. The van der Waals surface area contributed by atoms with E-state index in [9.17, 15) is 5.11 Å². The van der Waals surface area contributed by atoms with Crippen molar-refractivity contribution in [1.82, 2.24) is 0 Å². The summed E-state index contributed by atoms with van der Waals surface area (Å²) >= 11 is 0. The van der Waals surface area contributed by atoms with Crippen LogP contribution in [0.4, 0.5) is 0 Å². The van der Waals surface area contributed by atoms with Crippen molar-refractivity contribution in [3.8, 4) is 11.5 Å². The van der Waals surface area contributed by atoms with Gasteiger partial charge in [-0.05, 0) is 43.2 Å². The van der Waals surface area contributed by atoms with Gasteiger partial charge in [0.05, 0.1) is 18.6 Å². The van der Waals surface area contributed by atoms with Gasteiger partial charge in [0.2, 0.25) is 0 Å². The third kappa shape index (κ3) is 1.29. The first-order valence-electron chi connectivity index (χ1n) is 7.40.